The van der Waals surface area contributed by atoms with Gasteiger partial charge in [-0.1, -0.05) is 54.6 Å². The number of carbonyl (C=O) groups excluding carboxylic acids is 2. The van der Waals surface area contributed by atoms with Crippen LogP contribution in [0.15, 0.2) is 108 Å². The number of para-hydroxylation sites is 3. The lowest BCUT2D eigenvalue weighted by atomic mass is 9.78. The number of rotatable bonds is 8. The van der Waals surface area contributed by atoms with E-state index in [0.717, 1.165) is 0 Å². The van der Waals surface area contributed by atoms with Crippen molar-refractivity contribution in [2.45, 2.75) is 19.8 Å². The fraction of sp³-hybridized carbons (Fsp3) is 0.111. The monoisotopic (exact) mass is 468 g/mol. The van der Waals surface area contributed by atoms with Crippen molar-refractivity contribution in [1.82, 2.24) is 5.32 Å². The lowest BCUT2D eigenvalue weighted by Gasteiger charge is -2.33. The molecule has 0 aromatic heterocycles. The number of nitrogens with zero attached hydrogens (tertiary/aromatic N) is 1. The Bertz CT molecular complexity index is 1270. The SMILES string of the molecule is CC(=O)C1=C(Nc2ccccc2)NC(Nc2ccccc2)=C(C(C)=O)C1c1ccccc1[N+](=O)[O-]. The van der Waals surface area contributed by atoms with Gasteiger partial charge in [0.15, 0.2) is 11.6 Å². The Morgan fingerprint density at radius 1 is 0.743 bits per heavy atom. The van der Waals surface area contributed by atoms with Gasteiger partial charge < -0.3 is 16.0 Å². The lowest BCUT2D eigenvalue weighted by Crippen LogP contribution is -2.37. The maximum absolute atomic E-state index is 13.0. The quantitative estimate of drug-likeness (QED) is 0.311. The molecule has 1 aliphatic rings. The molecule has 0 bridgehead atoms. The molecule has 1 heterocycles. The number of Topliss-reactive ketones (excluding diaryl/α,β-unsaturated/α-hetero) is 2. The summed E-state index contributed by atoms with van der Waals surface area (Å²) in [7, 11) is 0. The highest BCUT2D eigenvalue weighted by Gasteiger charge is 2.39. The van der Waals surface area contributed by atoms with Crippen molar-refractivity contribution in [3.8, 4) is 0 Å². The van der Waals surface area contributed by atoms with Crippen LogP contribution < -0.4 is 16.0 Å². The first-order valence-corrected chi connectivity index (χ1v) is 11.0. The molecule has 0 spiro atoms. The van der Waals surface area contributed by atoms with E-state index < -0.39 is 10.8 Å². The zero-order chi connectivity index (χ0) is 24.9. The van der Waals surface area contributed by atoms with Crippen LogP contribution in [0.4, 0.5) is 17.1 Å². The summed E-state index contributed by atoms with van der Waals surface area (Å²) in [5, 5.41) is 21.6. The normalized spacial score (nSPS) is 13.8. The maximum atomic E-state index is 13.0. The number of nitro benzene ring substituents is 1. The van der Waals surface area contributed by atoms with Crippen molar-refractivity contribution in [3.05, 3.63) is 123 Å². The summed E-state index contributed by atoms with van der Waals surface area (Å²) in [6, 6.07) is 24.6. The van der Waals surface area contributed by atoms with Crippen LogP contribution in [0.5, 0.6) is 0 Å². The Balaban J connectivity index is 1.97. The molecule has 176 valence electrons. The van der Waals surface area contributed by atoms with Gasteiger partial charge in [0.1, 0.15) is 11.6 Å². The van der Waals surface area contributed by atoms with E-state index in [0.29, 0.717) is 23.0 Å². The Kier molecular flexibility index (Phi) is 6.73. The molecule has 3 N–H and O–H groups in total. The smallest absolute Gasteiger partial charge is 0.273 e. The molecular formula is C27H24N4O4. The van der Waals surface area contributed by atoms with E-state index in [9.17, 15) is 19.7 Å². The molecule has 1 aliphatic heterocycles. The van der Waals surface area contributed by atoms with Gasteiger partial charge in [0.05, 0.1) is 10.8 Å². The van der Waals surface area contributed by atoms with Crippen molar-refractivity contribution < 1.29 is 14.5 Å². The van der Waals surface area contributed by atoms with Gasteiger partial charge >= 0.3 is 0 Å². The third kappa shape index (κ3) is 4.96. The number of dihydropyridines is 1. The van der Waals surface area contributed by atoms with Gasteiger partial charge in [0, 0.05) is 34.2 Å². The average Bonchev–Trinajstić information content (AvgIpc) is 2.84. The van der Waals surface area contributed by atoms with Crippen molar-refractivity contribution >= 4 is 28.6 Å². The van der Waals surface area contributed by atoms with Gasteiger partial charge in [-0.2, -0.15) is 0 Å². The first kappa shape index (κ1) is 23.4. The third-order valence-electron chi connectivity index (χ3n) is 5.66. The number of ketones is 2. The highest BCUT2D eigenvalue weighted by atomic mass is 16.6. The Hall–Kier alpha value is -4.72. The number of allylic oxidation sites excluding steroid dienone is 2. The maximum Gasteiger partial charge on any atom is 0.273 e. The predicted octanol–water partition coefficient (Wildman–Crippen LogP) is 5.11. The average molecular weight is 469 g/mol. The standard InChI is InChI=1S/C27H24N4O4/c1-17(32)23-25(21-15-9-10-16-22(21)31(34)35)24(18(2)33)27(29-20-13-7-4-8-14-20)30-26(23)28-19-11-5-3-6-12-19/h3-16,25,28-30H,1-2H3. The summed E-state index contributed by atoms with van der Waals surface area (Å²) in [5.41, 5.74) is 1.96. The molecular weight excluding hydrogens is 444 g/mol. The molecule has 0 saturated heterocycles. The van der Waals surface area contributed by atoms with Crippen molar-refractivity contribution in [2.24, 2.45) is 0 Å². The zero-order valence-electron chi connectivity index (χ0n) is 19.2. The number of nitro groups is 1. The van der Waals surface area contributed by atoms with Gasteiger partial charge in [0.25, 0.3) is 5.69 Å². The predicted molar refractivity (Wildman–Crippen MR) is 135 cm³/mol. The molecule has 0 fully saturated rings. The minimum absolute atomic E-state index is 0.171. The van der Waals surface area contributed by atoms with E-state index in [1.165, 1.54) is 19.9 Å². The Morgan fingerprint density at radius 2 is 1.17 bits per heavy atom. The molecule has 3 aromatic rings. The molecule has 4 rings (SSSR count). The molecule has 8 nitrogen and oxygen atoms in total. The largest absolute Gasteiger partial charge is 0.341 e. The van der Waals surface area contributed by atoms with E-state index in [2.05, 4.69) is 16.0 Å². The van der Waals surface area contributed by atoms with E-state index >= 15 is 0 Å². The van der Waals surface area contributed by atoms with Crippen LogP contribution in [-0.4, -0.2) is 16.5 Å². The van der Waals surface area contributed by atoms with Gasteiger partial charge in [0.2, 0.25) is 0 Å². The molecule has 3 aromatic carbocycles. The molecule has 0 aliphatic carbocycles. The van der Waals surface area contributed by atoms with Crippen molar-refractivity contribution in [2.75, 3.05) is 10.6 Å². The Labute approximate surface area is 202 Å². The number of carbonyl (C=O) groups is 2. The molecule has 0 atom stereocenters. The number of anilines is 2. The van der Waals surface area contributed by atoms with E-state index in [1.807, 2.05) is 60.7 Å². The molecule has 0 radical (unpaired) electrons. The summed E-state index contributed by atoms with van der Waals surface area (Å²) < 4.78 is 0. The van der Waals surface area contributed by atoms with Crippen LogP contribution in [0.2, 0.25) is 0 Å². The Morgan fingerprint density at radius 3 is 1.60 bits per heavy atom. The fourth-order valence-corrected chi connectivity index (χ4v) is 4.19. The van der Waals surface area contributed by atoms with E-state index in [1.54, 1.807) is 18.2 Å². The van der Waals surface area contributed by atoms with Crippen LogP contribution in [0.3, 0.4) is 0 Å². The van der Waals surface area contributed by atoms with Gasteiger partial charge in [-0.25, -0.2) is 0 Å². The van der Waals surface area contributed by atoms with Crippen molar-refractivity contribution in [3.63, 3.8) is 0 Å². The summed E-state index contributed by atoms with van der Waals surface area (Å²) in [6.45, 7) is 2.78. The highest BCUT2D eigenvalue weighted by molar-refractivity contribution is 6.04. The second-order valence-electron chi connectivity index (χ2n) is 8.05. The molecule has 0 amide bonds. The minimum Gasteiger partial charge on any atom is -0.341 e. The van der Waals surface area contributed by atoms with Crippen LogP contribution in [0.25, 0.3) is 0 Å². The van der Waals surface area contributed by atoms with Gasteiger partial charge in [-0.15, -0.1) is 0 Å². The first-order valence-electron chi connectivity index (χ1n) is 11.0. The zero-order valence-corrected chi connectivity index (χ0v) is 19.2. The van der Waals surface area contributed by atoms with Crippen LogP contribution >= 0.6 is 0 Å². The van der Waals surface area contributed by atoms with Crippen LogP contribution in [0.1, 0.15) is 25.3 Å². The molecule has 0 saturated carbocycles. The summed E-state index contributed by atoms with van der Waals surface area (Å²) in [5.74, 6) is -0.927. The summed E-state index contributed by atoms with van der Waals surface area (Å²) in [4.78, 5) is 37.5. The topological polar surface area (TPSA) is 113 Å². The number of benzene rings is 3. The second kappa shape index (κ2) is 10.0. The third-order valence-corrected chi connectivity index (χ3v) is 5.66. The number of hydrogen-bond acceptors (Lipinski definition) is 7. The fourth-order valence-electron chi connectivity index (χ4n) is 4.19. The van der Waals surface area contributed by atoms with Crippen LogP contribution in [0, 0.1) is 10.1 Å². The summed E-state index contributed by atoms with van der Waals surface area (Å²) >= 11 is 0. The molecule has 0 unspecified atom stereocenters. The van der Waals surface area contributed by atoms with E-state index in [-0.39, 0.29) is 34.0 Å². The van der Waals surface area contributed by atoms with Gasteiger partial charge in [-0.3, -0.25) is 19.7 Å². The van der Waals surface area contributed by atoms with Crippen molar-refractivity contribution in [1.29, 1.82) is 0 Å². The minimum atomic E-state index is -0.967. The summed E-state index contributed by atoms with van der Waals surface area (Å²) in [6.07, 6.45) is 0. The number of nitrogens with one attached hydrogen (secondary N) is 3. The van der Waals surface area contributed by atoms with Crippen LogP contribution in [-0.2, 0) is 9.59 Å². The first-order chi connectivity index (χ1) is 16.9. The lowest BCUT2D eigenvalue weighted by molar-refractivity contribution is -0.385. The number of hydrogen-bond donors (Lipinski definition) is 3. The van der Waals surface area contributed by atoms with Gasteiger partial charge in [-0.05, 0) is 38.1 Å². The van der Waals surface area contributed by atoms with E-state index in [4.69, 9.17) is 0 Å². The highest BCUT2D eigenvalue weighted by Crippen LogP contribution is 2.42. The molecule has 8 heteroatoms. The molecule has 35 heavy (non-hydrogen) atoms. The second-order valence-corrected chi connectivity index (χ2v) is 8.05.